The molecule has 0 spiro atoms. The summed E-state index contributed by atoms with van der Waals surface area (Å²) in [4.78, 5) is 16.2. The lowest BCUT2D eigenvalue weighted by molar-refractivity contribution is 0.414. The lowest BCUT2D eigenvalue weighted by Gasteiger charge is -2.11. The van der Waals surface area contributed by atoms with Crippen LogP contribution < -0.4 is 10.4 Å². The molecule has 0 aliphatic carbocycles. The van der Waals surface area contributed by atoms with Gasteiger partial charge in [0.2, 0.25) is 0 Å². The third kappa shape index (κ3) is 3.88. The Balaban J connectivity index is 1.55. The van der Waals surface area contributed by atoms with Crippen LogP contribution in [-0.4, -0.2) is 26.9 Å². The van der Waals surface area contributed by atoms with E-state index in [4.69, 9.17) is 9.15 Å². The molecule has 158 valence electrons. The van der Waals surface area contributed by atoms with Crippen LogP contribution in [0.2, 0.25) is 0 Å². The number of fused-ring (bicyclic) bond motifs is 1. The number of benzene rings is 2. The first-order chi connectivity index (χ1) is 15.7. The second kappa shape index (κ2) is 8.68. The molecule has 0 radical (unpaired) electrons. The molecule has 2 aromatic carbocycles. The molecule has 5 rings (SSSR count). The van der Waals surface area contributed by atoms with E-state index in [0.717, 1.165) is 33.2 Å². The number of nitrogens with zero attached hydrogens (tertiary/aromatic N) is 4. The van der Waals surface area contributed by atoms with Gasteiger partial charge in [-0.3, -0.25) is 9.55 Å². The highest BCUT2D eigenvalue weighted by atomic mass is 32.2. The number of aromatic nitrogens is 4. The third-order valence-corrected chi connectivity index (χ3v) is 5.96. The molecule has 8 heteroatoms. The molecule has 0 amide bonds. The van der Waals surface area contributed by atoms with Gasteiger partial charge in [-0.15, -0.1) is 10.2 Å². The fourth-order valence-corrected chi connectivity index (χ4v) is 4.40. The minimum absolute atomic E-state index is 0.400. The number of pyridine rings is 1. The SMILES string of the molecule is COc1ccc2c(CSc3nnc(-c4ccncc4)n3-c3ccccc3)cc(=O)oc2c1. The minimum atomic E-state index is -0.400. The van der Waals surface area contributed by atoms with Crippen molar-refractivity contribution in [2.24, 2.45) is 0 Å². The van der Waals surface area contributed by atoms with Crippen LogP contribution in [-0.2, 0) is 5.75 Å². The van der Waals surface area contributed by atoms with Crippen molar-refractivity contribution < 1.29 is 9.15 Å². The van der Waals surface area contributed by atoms with Gasteiger partial charge in [-0.25, -0.2) is 4.79 Å². The number of para-hydroxylation sites is 1. The highest BCUT2D eigenvalue weighted by Crippen LogP contribution is 2.31. The highest BCUT2D eigenvalue weighted by Gasteiger charge is 2.17. The summed E-state index contributed by atoms with van der Waals surface area (Å²) in [7, 11) is 1.58. The van der Waals surface area contributed by atoms with E-state index in [2.05, 4.69) is 15.2 Å². The Hall–Kier alpha value is -3.91. The van der Waals surface area contributed by atoms with Crippen LogP contribution in [0, 0.1) is 0 Å². The molecule has 32 heavy (non-hydrogen) atoms. The monoisotopic (exact) mass is 442 g/mol. The first-order valence-corrected chi connectivity index (χ1v) is 10.9. The Bertz CT molecular complexity index is 1430. The van der Waals surface area contributed by atoms with Crippen molar-refractivity contribution in [3.05, 3.63) is 95.1 Å². The topological polar surface area (TPSA) is 83.0 Å². The van der Waals surface area contributed by atoms with E-state index >= 15 is 0 Å². The van der Waals surface area contributed by atoms with Crippen LogP contribution in [0.3, 0.4) is 0 Å². The lowest BCUT2D eigenvalue weighted by atomic mass is 10.1. The first-order valence-electron chi connectivity index (χ1n) is 9.88. The van der Waals surface area contributed by atoms with E-state index in [1.807, 2.05) is 59.2 Å². The summed E-state index contributed by atoms with van der Waals surface area (Å²) in [6.07, 6.45) is 3.46. The van der Waals surface area contributed by atoms with E-state index in [1.165, 1.54) is 17.8 Å². The molecule has 0 saturated heterocycles. The zero-order valence-corrected chi connectivity index (χ0v) is 18.0. The van der Waals surface area contributed by atoms with Gasteiger partial charge < -0.3 is 9.15 Å². The normalized spacial score (nSPS) is 11.0. The van der Waals surface area contributed by atoms with Crippen molar-refractivity contribution >= 4 is 22.7 Å². The number of hydrogen-bond donors (Lipinski definition) is 0. The number of ether oxygens (including phenoxy) is 1. The van der Waals surface area contributed by atoms with Gasteiger partial charge in [-0.1, -0.05) is 30.0 Å². The first kappa shape index (κ1) is 20.0. The molecule has 0 saturated carbocycles. The molecule has 0 aliphatic rings. The molecule has 5 aromatic rings. The van der Waals surface area contributed by atoms with Gasteiger partial charge in [0.25, 0.3) is 0 Å². The Morgan fingerprint density at radius 1 is 1.00 bits per heavy atom. The summed E-state index contributed by atoms with van der Waals surface area (Å²) in [6.45, 7) is 0. The standard InChI is InChI=1S/C24H18N4O3S/c1-30-19-7-8-20-17(13-22(29)31-21(20)14-19)15-32-24-27-26-23(16-9-11-25-12-10-16)28(24)18-5-3-2-4-6-18/h2-14H,15H2,1H3. The average Bonchev–Trinajstić information content (AvgIpc) is 3.27. The summed E-state index contributed by atoms with van der Waals surface area (Å²) in [5.41, 5.74) is 2.82. The van der Waals surface area contributed by atoms with Crippen molar-refractivity contribution in [2.75, 3.05) is 7.11 Å². The molecule has 0 N–H and O–H groups in total. The fourth-order valence-electron chi connectivity index (χ4n) is 3.46. The maximum Gasteiger partial charge on any atom is 0.336 e. The second-order valence-electron chi connectivity index (χ2n) is 6.95. The molecule has 3 aromatic heterocycles. The van der Waals surface area contributed by atoms with Crippen LogP contribution in [0.1, 0.15) is 5.56 Å². The molecule has 3 heterocycles. The van der Waals surface area contributed by atoms with Crippen molar-refractivity contribution in [3.8, 4) is 22.8 Å². The summed E-state index contributed by atoms with van der Waals surface area (Å²) < 4.78 is 12.6. The molecule has 0 aliphatic heterocycles. The molecule has 0 unspecified atom stereocenters. The van der Waals surface area contributed by atoms with Gasteiger partial charge in [-0.2, -0.15) is 0 Å². The van der Waals surface area contributed by atoms with Crippen molar-refractivity contribution in [1.29, 1.82) is 0 Å². The van der Waals surface area contributed by atoms with Crippen molar-refractivity contribution in [1.82, 2.24) is 19.7 Å². The zero-order valence-electron chi connectivity index (χ0n) is 17.1. The Morgan fingerprint density at radius 2 is 1.81 bits per heavy atom. The van der Waals surface area contributed by atoms with Crippen molar-refractivity contribution in [3.63, 3.8) is 0 Å². The number of thioether (sulfide) groups is 1. The minimum Gasteiger partial charge on any atom is -0.497 e. The predicted molar refractivity (Wildman–Crippen MR) is 123 cm³/mol. The Morgan fingerprint density at radius 3 is 2.59 bits per heavy atom. The molecule has 0 fully saturated rings. The Kier molecular flexibility index (Phi) is 5.43. The number of methoxy groups -OCH3 is 1. The quantitative estimate of drug-likeness (QED) is 0.277. The van der Waals surface area contributed by atoms with E-state index in [9.17, 15) is 4.79 Å². The Labute approximate surface area is 187 Å². The van der Waals surface area contributed by atoms with Crippen LogP contribution in [0.15, 0.2) is 93.5 Å². The van der Waals surface area contributed by atoms with Gasteiger partial charge in [0, 0.05) is 46.9 Å². The molecule has 0 atom stereocenters. The maximum atomic E-state index is 12.1. The highest BCUT2D eigenvalue weighted by molar-refractivity contribution is 7.98. The van der Waals surface area contributed by atoms with Crippen LogP contribution in [0.5, 0.6) is 5.75 Å². The second-order valence-corrected chi connectivity index (χ2v) is 7.90. The van der Waals surface area contributed by atoms with E-state index in [1.54, 1.807) is 25.6 Å². The van der Waals surface area contributed by atoms with Gasteiger partial charge >= 0.3 is 5.63 Å². The number of rotatable bonds is 6. The van der Waals surface area contributed by atoms with E-state index in [-0.39, 0.29) is 0 Å². The predicted octanol–water partition coefficient (Wildman–Crippen LogP) is 4.74. The lowest BCUT2D eigenvalue weighted by Crippen LogP contribution is -2.02. The van der Waals surface area contributed by atoms with E-state index < -0.39 is 5.63 Å². The molecule has 7 nitrogen and oxygen atoms in total. The molecular weight excluding hydrogens is 424 g/mol. The van der Waals surface area contributed by atoms with Gasteiger partial charge in [0.1, 0.15) is 11.3 Å². The van der Waals surface area contributed by atoms with Gasteiger partial charge in [0.15, 0.2) is 11.0 Å². The van der Waals surface area contributed by atoms with Gasteiger partial charge in [0.05, 0.1) is 7.11 Å². The van der Waals surface area contributed by atoms with E-state index in [0.29, 0.717) is 17.1 Å². The fraction of sp³-hybridized carbons (Fsp3) is 0.0833. The van der Waals surface area contributed by atoms with Crippen LogP contribution >= 0.6 is 11.8 Å². The van der Waals surface area contributed by atoms with Crippen LogP contribution in [0.25, 0.3) is 28.0 Å². The van der Waals surface area contributed by atoms with Crippen LogP contribution in [0.4, 0.5) is 0 Å². The largest absolute Gasteiger partial charge is 0.497 e. The zero-order chi connectivity index (χ0) is 21.9. The smallest absolute Gasteiger partial charge is 0.336 e. The van der Waals surface area contributed by atoms with Gasteiger partial charge in [-0.05, 0) is 42.0 Å². The summed E-state index contributed by atoms with van der Waals surface area (Å²) in [5, 5.41) is 10.5. The van der Waals surface area contributed by atoms with Crippen molar-refractivity contribution in [2.45, 2.75) is 10.9 Å². The average molecular weight is 443 g/mol. The maximum absolute atomic E-state index is 12.1. The summed E-state index contributed by atoms with van der Waals surface area (Å²) >= 11 is 1.51. The third-order valence-electron chi connectivity index (χ3n) is 4.98. The summed E-state index contributed by atoms with van der Waals surface area (Å²) in [5.74, 6) is 1.88. The number of hydrogen-bond acceptors (Lipinski definition) is 7. The molecule has 0 bridgehead atoms. The summed E-state index contributed by atoms with van der Waals surface area (Å²) in [6, 6.07) is 20.7. The molecular formula is C24H18N4O3S.